The number of aryl methyl sites for hydroxylation is 3. The van der Waals surface area contributed by atoms with E-state index in [0.717, 1.165) is 46.5 Å². The van der Waals surface area contributed by atoms with Crippen LogP contribution in [0, 0.1) is 6.92 Å². The van der Waals surface area contributed by atoms with Crippen molar-refractivity contribution in [3.63, 3.8) is 0 Å². The van der Waals surface area contributed by atoms with Gasteiger partial charge in [0.15, 0.2) is 0 Å². The van der Waals surface area contributed by atoms with Gasteiger partial charge in [0.25, 0.3) is 5.56 Å². The van der Waals surface area contributed by atoms with Crippen molar-refractivity contribution in [2.24, 2.45) is 0 Å². The molecule has 2 aromatic carbocycles. The van der Waals surface area contributed by atoms with Gasteiger partial charge in [-0.1, -0.05) is 17.7 Å². The maximum absolute atomic E-state index is 12.8. The van der Waals surface area contributed by atoms with Crippen molar-refractivity contribution in [1.82, 2.24) is 9.97 Å². The lowest BCUT2D eigenvalue weighted by atomic mass is 9.97. The van der Waals surface area contributed by atoms with E-state index in [2.05, 4.69) is 4.98 Å². The number of nitrogens with zero attached hydrogens (tertiary/aromatic N) is 1. The second kappa shape index (κ2) is 10.4. The number of benzene rings is 2. The molecule has 1 aliphatic rings. The summed E-state index contributed by atoms with van der Waals surface area (Å²) >= 11 is 1.67. The standard InChI is InChI=1S/C27H28N2O4S/c1-18-6-10-20(11-7-18)32-16-14-31-15-17-33-21-12-8-19(9-13-21)25-28-26(30)24-22-4-2-3-5-23(22)34-27(24)29-25/h6-13H,2-5,14-17H2,1H3,(H,28,29,30). The molecule has 2 heterocycles. The van der Waals surface area contributed by atoms with Crippen LogP contribution >= 0.6 is 11.3 Å². The number of nitrogens with one attached hydrogen (secondary N) is 1. The molecule has 0 bridgehead atoms. The maximum Gasteiger partial charge on any atom is 0.260 e. The molecule has 5 rings (SSSR count). The molecule has 7 heteroatoms. The highest BCUT2D eigenvalue weighted by atomic mass is 32.1. The van der Waals surface area contributed by atoms with Crippen molar-refractivity contribution in [2.45, 2.75) is 32.6 Å². The van der Waals surface area contributed by atoms with Crippen LogP contribution in [0.1, 0.15) is 28.8 Å². The van der Waals surface area contributed by atoms with Gasteiger partial charge in [-0.05, 0) is 74.6 Å². The van der Waals surface area contributed by atoms with E-state index in [1.54, 1.807) is 11.3 Å². The van der Waals surface area contributed by atoms with Gasteiger partial charge in [0, 0.05) is 10.4 Å². The molecule has 0 amide bonds. The smallest absolute Gasteiger partial charge is 0.260 e. The van der Waals surface area contributed by atoms with Crippen LogP contribution in [0.25, 0.3) is 21.6 Å². The monoisotopic (exact) mass is 476 g/mol. The van der Waals surface area contributed by atoms with Crippen molar-refractivity contribution in [3.05, 3.63) is 74.9 Å². The first-order chi connectivity index (χ1) is 16.7. The highest BCUT2D eigenvalue weighted by Gasteiger charge is 2.20. The Balaban J connectivity index is 1.11. The number of hydrogen-bond acceptors (Lipinski definition) is 6. The van der Waals surface area contributed by atoms with E-state index in [1.165, 1.54) is 22.4 Å². The Morgan fingerprint density at radius 2 is 1.53 bits per heavy atom. The normalized spacial score (nSPS) is 13.1. The van der Waals surface area contributed by atoms with Gasteiger partial charge in [0.1, 0.15) is 35.4 Å². The lowest BCUT2D eigenvalue weighted by molar-refractivity contribution is 0.0764. The summed E-state index contributed by atoms with van der Waals surface area (Å²) in [4.78, 5) is 22.7. The first-order valence-electron chi connectivity index (χ1n) is 11.7. The van der Waals surface area contributed by atoms with E-state index in [9.17, 15) is 4.79 Å². The van der Waals surface area contributed by atoms with E-state index >= 15 is 0 Å². The zero-order valence-electron chi connectivity index (χ0n) is 19.3. The first-order valence-corrected chi connectivity index (χ1v) is 12.5. The third kappa shape index (κ3) is 5.16. The van der Waals surface area contributed by atoms with Crippen molar-refractivity contribution >= 4 is 21.6 Å². The van der Waals surface area contributed by atoms with Crippen LogP contribution in [-0.4, -0.2) is 36.4 Å². The molecule has 0 aliphatic heterocycles. The van der Waals surface area contributed by atoms with Crippen LogP contribution in [0.15, 0.2) is 53.3 Å². The minimum Gasteiger partial charge on any atom is -0.491 e. The van der Waals surface area contributed by atoms with Crippen LogP contribution in [0.5, 0.6) is 11.5 Å². The van der Waals surface area contributed by atoms with Gasteiger partial charge in [-0.3, -0.25) is 4.79 Å². The second-order valence-corrected chi connectivity index (χ2v) is 9.54. The number of ether oxygens (including phenoxy) is 3. The minimum atomic E-state index is -0.0387. The zero-order chi connectivity index (χ0) is 23.3. The van der Waals surface area contributed by atoms with Gasteiger partial charge >= 0.3 is 0 Å². The van der Waals surface area contributed by atoms with Gasteiger partial charge in [0.2, 0.25) is 0 Å². The van der Waals surface area contributed by atoms with Gasteiger partial charge < -0.3 is 19.2 Å². The molecule has 0 radical (unpaired) electrons. The number of hydrogen-bond donors (Lipinski definition) is 1. The highest BCUT2D eigenvalue weighted by molar-refractivity contribution is 7.18. The zero-order valence-corrected chi connectivity index (χ0v) is 20.1. The van der Waals surface area contributed by atoms with Crippen molar-refractivity contribution in [1.29, 1.82) is 0 Å². The first kappa shape index (κ1) is 22.6. The molecular weight excluding hydrogens is 448 g/mol. The maximum atomic E-state index is 12.8. The van der Waals surface area contributed by atoms with Crippen LogP contribution in [0.4, 0.5) is 0 Å². The molecule has 34 heavy (non-hydrogen) atoms. The fourth-order valence-corrected chi connectivity index (χ4v) is 5.45. The third-order valence-electron chi connectivity index (χ3n) is 5.97. The average Bonchev–Trinajstić information content (AvgIpc) is 3.24. The Hall–Kier alpha value is -3.16. The fraction of sp³-hybridized carbons (Fsp3) is 0.333. The summed E-state index contributed by atoms with van der Waals surface area (Å²) in [5.41, 5.74) is 3.24. The fourth-order valence-electron chi connectivity index (χ4n) is 4.18. The predicted molar refractivity (Wildman–Crippen MR) is 135 cm³/mol. The van der Waals surface area contributed by atoms with E-state index in [0.29, 0.717) is 32.3 Å². The molecule has 0 saturated carbocycles. The van der Waals surface area contributed by atoms with Crippen LogP contribution < -0.4 is 15.0 Å². The van der Waals surface area contributed by atoms with Crippen molar-refractivity contribution in [3.8, 4) is 22.9 Å². The van der Waals surface area contributed by atoms with E-state index in [-0.39, 0.29) is 5.56 Å². The molecule has 176 valence electrons. The largest absolute Gasteiger partial charge is 0.491 e. The SMILES string of the molecule is Cc1ccc(OCCOCCOc2ccc(-c3nc4sc5c(c4c(=O)[nH]3)CCCC5)cc2)cc1. The molecule has 1 aliphatic carbocycles. The van der Waals surface area contributed by atoms with Crippen LogP contribution in [0.3, 0.4) is 0 Å². The number of fused-ring (bicyclic) bond motifs is 3. The van der Waals surface area contributed by atoms with Gasteiger partial charge in [-0.2, -0.15) is 0 Å². The molecule has 1 N–H and O–H groups in total. The Bertz CT molecular complexity index is 1310. The number of H-pyrrole nitrogens is 1. The number of thiophene rings is 1. The second-order valence-electron chi connectivity index (χ2n) is 8.45. The Morgan fingerprint density at radius 1 is 0.882 bits per heavy atom. The van der Waals surface area contributed by atoms with Crippen molar-refractivity contribution in [2.75, 3.05) is 26.4 Å². The van der Waals surface area contributed by atoms with E-state index < -0.39 is 0 Å². The summed E-state index contributed by atoms with van der Waals surface area (Å²) in [6.07, 6.45) is 4.38. The molecule has 2 aromatic heterocycles. The molecule has 0 unspecified atom stereocenters. The Morgan fingerprint density at radius 3 is 2.24 bits per heavy atom. The third-order valence-corrected chi connectivity index (χ3v) is 7.15. The number of aromatic amines is 1. The van der Waals surface area contributed by atoms with Gasteiger partial charge in [0.05, 0.1) is 18.6 Å². The summed E-state index contributed by atoms with van der Waals surface area (Å²) in [6.45, 7) is 3.98. The molecule has 6 nitrogen and oxygen atoms in total. The topological polar surface area (TPSA) is 73.4 Å². The van der Waals surface area contributed by atoms with Crippen LogP contribution in [-0.2, 0) is 17.6 Å². The minimum absolute atomic E-state index is 0.0387. The summed E-state index contributed by atoms with van der Waals surface area (Å²) in [7, 11) is 0. The van der Waals surface area contributed by atoms with Gasteiger partial charge in [-0.25, -0.2) is 4.98 Å². The van der Waals surface area contributed by atoms with E-state index in [4.69, 9.17) is 19.2 Å². The summed E-state index contributed by atoms with van der Waals surface area (Å²) in [5.74, 6) is 2.19. The lowest BCUT2D eigenvalue weighted by Gasteiger charge is -2.10. The molecule has 4 aromatic rings. The Labute approximate surface area is 202 Å². The number of rotatable bonds is 9. The molecule has 0 spiro atoms. The summed E-state index contributed by atoms with van der Waals surface area (Å²) in [6, 6.07) is 15.6. The summed E-state index contributed by atoms with van der Waals surface area (Å²) in [5, 5.41) is 0.785. The molecule has 0 atom stereocenters. The van der Waals surface area contributed by atoms with Crippen molar-refractivity contribution < 1.29 is 14.2 Å². The van der Waals surface area contributed by atoms with Gasteiger partial charge in [-0.15, -0.1) is 11.3 Å². The molecular formula is C27H28N2O4S. The predicted octanol–water partition coefficient (Wildman–Crippen LogP) is 5.31. The number of aromatic nitrogens is 2. The van der Waals surface area contributed by atoms with Crippen LogP contribution in [0.2, 0.25) is 0 Å². The average molecular weight is 477 g/mol. The molecule has 0 fully saturated rings. The lowest BCUT2D eigenvalue weighted by Crippen LogP contribution is -2.12. The Kier molecular flexibility index (Phi) is 6.92. The highest BCUT2D eigenvalue weighted by Crippen LogP contribution is 2.34. The molecule has 0 saturated heterocycles. The summed E-state index contributed by atoms with van der Waals surface area (Å²) < 4.78 is 17.0. The van der Waals surface area contributed by atoms with E-state index in [1.807, 2.05) is 55.5 Å². The quantitative estimate of drug-likeness (QED) is 0.331.